The molecule has 0 spiro atoms. The van der Waals surface area contributed by atoms with E-state index in [9.17, 15) is 19.5 Å². The zero-order chi connectivity index (χ0) is 25.8. The van der Waals surface area contributed by atoms with Crippen molar-refractivity contribution in [3.05, 3.63) is 92.1 Å². The largest absolute Gasteiger partial charge is 0.396 e. The summed E-state index contributed by atoms with van der Waals surface area (Å²) in [7, 11) is 1.49. The van der Waals surface area contributed by atoms with E-state index in [1.54, 1.807) is 27.4 Å². The fourth-order valence-corrected chi connectivity index (χ4v) is 5.14. The minimum absolute atomic E-state index is 0.0405. The highest BCUT2D eigenvalue weighted by Crippen LogP contribution is 2.27. The standard InChI is InChI=1S/C27H30N4O4S/c1-18(2)16-30-24-22(25(34)29(3)27(30)35)26(36-14-8-13-32)31(28-24)17-19-9-7-12-21(15-19)23(33)20-10-5-4-6-11-20/h4-7,9-12,15,18,32H,8,13-14,16-17H2,1-3H3. The number of aromatic nitrogens is 4. The SMILES string of the molecule is CC(C)Cn1c(=O)n(C)c(=O)c2c(SCCCO)n(Cc3cccc(C(=O)c4ccccc4)c3)nc21. The summed E-state index contributed by atoms with van der Waals surface area (Å²) in [5.41, 5.74) is 1.61. The van der Waals surface area contributed by atoms with E-state index in [-0.39, 0.29) is 23.9 Å². The lowest BCUT2D eigenvalue weighted by atomic mass is 10.0. The van der Waals surface area contributed by atoms with Crippen LogP contribution in [0.1, 0.15) is 41.8 Å². The van der Waals surface area contributed by atoms with Crippen molar-refractivity contribution < 1.29 is 9.90 Å². The Balaban J connectivity index is 1.81. The molecule has 0 amide bonds. The molecular formula is C27H30N4O4S. The molecule has 0 saturated carbocycles. The fraction of sp³-hybridized carbons (Fsp3) is 0.333. The Labute approximate surface area is 213 Å². The second kappa shape index (κ2) is 11.1. The normalized spacial score (nSPS) is 11.5. The Morgan fingerprint density at radius 3 is 2.47 bits per heavy atom. The van der Waals surface area contributed by atoms with Crippen molar-refractivity contribution >= 4 is 28.6 Å². The van der Waals surface area contributed by atoms with Crippen LogP contribution >= 0.6 is 11.8 Å². The molecule has 0 atom stereocenters. The van der Waals surface area contributed by atoms with E-state index >= 15 is 0 Å². The molecule has 0 fully saturated rings. The van der Waals surface area contributed by atoms with Crippen LogP contribution in [-0.2, 0) is 20.1 Å². The van der Waals surface area contributed by atoms with Crippen LogP contribution in [0, 0.1) is 5.92 Å². The van der Waals surface area contributed by atoms with E-state index in [0.29, 0.717) is 52.4 Å². The molecule has 4 rings (SSSR count). The van der Waals surface area contributed by atoms with Crippen LogP contribution < -0.4 is 11.2 Å². The summed E-state index contributed by atoms with van der Waals surface area (Å²) in [6.45, 7) is 4.81. The lowest BCUT2D eigenvalue weighted by Crippen LogP contribution is -2.38. The maximum absolute atomic E-state index is 13.2. The summed E-state index contributed by atoms with van der Waals surface area (Å²) in [5, 5.41) is 15.1. The van der Waals surface area contributed by atoms with Gasteiger partial charge < -0.3 is 5.11 Å². The van der Waals surface area contributed by atoms with Crippen molar-refractivity contribution in [1.29, 1.82) is 0 Å². The van der Waals surface area contributed by atoms with Crippen LogP contribution in [0.5, 0.6) is 0 Å². The van der Waals surface area contributed by atoms with Gasteiger partial charge in [0.2, 0.25) is 0 Å². The summed E-state index contributed by atoms with van der Waals surface area (Å²) < 4.78 is 4.42. The number of nitrogens with zero attached hydrogens (tertiary/aromatic N) is 4. The number of aliphatic hydroxyl groups is 1. The van der Waals surface area contributed by atoms with Gasteiger partial charge in [-0.05, 0) is 24.0 Å². The summed E-state index contributed by atoms with van der Waals surface area (Å²) in [4.78, 5) is 39.1. The van der Waals surface area contributed by atoms with Crippen molar-refractivity contribution in [2.45, 2.75) is 38.4 Å². The van der Waals surface area contributed by atoms with Gasteiger partial charge in [-0.2, -0.15) is 5.10 Å². The summed E-state index contributed by atoms with van der Waals surface area (Å²) in [6.07, 6.45) is 0.560. The number of benzene rings is 2. The highest BCUT2D eigenvalue weighted by atomic mass is 32.2. The van der Waals surface area contributed by atoms with Gasteiger partial charge in [0.15, 0.2) is 11.4 Å². The molecule has 0 aliphatic carbocycles. The van der Waals surface area contributed by atoms with Gasteiger partial charge >= 0.3 is 5.69 Å². The van der Waals surface area contributed by atoms with E-state index in [1.807, 2.05) is 50.2 Å². The number of ketones is 1. The number of rotatable bonds is 10. The first-order valence-electron chi connectivity index (χ1n) is 11.9. The average Bonchev–Trinajstić information content (AvgIpc) is 3.23. The quantitative estimate of drug-likeness (QED) is 0.201. The summed E-state index contributed by atoms with van der Waals surface area (Å²) in [5.74, 6) is 0.705. The number of carbonyl (C=O) groups is 1. The fourth-order valence-electron chi connectivity index (χ4n) is 4.09. The molecule has 0 aliphatic rings. The number of fused-ring (bicyclic) bond motifs is 1. The zero-order valence-electron chi connectivity index (χ0n) is 20.7. The molecule has 2 heterocycles. The van der Waals surface area contributed by atoms with Gasteiger partial charge in [0, 0.05) is 37.1 Å². The predicted molar refractivity (Wildman–Crippen MR) is 142 cm³/mol. The molecule has 4 aromatic rings. The van der Waals surface area contributed by atoms with Crippen LogP contribution in [0.2, 0.25) is 0 Å². The summed E-state index contributed by atoms with van der Waals surface area (Å²) >= 11 is 1.44. The Hall–Kier alpha value is -3.43. The van der Waals surface area contributed by atoms with Crippen LogP contribution in [-0.4, -0.2) is 42.2 Å². The molecule has 188 valence electrons. The number of aliphatic hydroxyl groups excluding tert-OH is 1. The minimum Gasteiger partial charge on any atom is -0.396 e. The lowest BCUT2D eigenvalue weighted by molar-refractivity contribution is 0.103. The molecule has 2 aromatic heterocycles. The van der Waals surface area contributed by atoms with Crippen LogP contribution in [0.25, 0.3) is 11.0 Å². The molecule has 8 nitrogen and oxygen atoms in total. The average molecular weight is 507 g/mol. The second-order valence-corrected chi connectivity index (χ2v) is 10.2. The molecule has 1 N–H and O–H groups in total. The molecule has 0 radical (unpaired) electrons. The Morgan fingerprint density at radius 2 is 1.78 bits per heavy atom. The number of carbonyl (C=O) groups excluding carboxylic acids is 1. The summed E-state index contributed by atoms with van der Waals surface area (Å²) in [6, 6.07) is 16.5. The highest BCUT2D eigenvalue weighted by Gasteiger charge is 2.22. The highest BCUT2D eigenvalue weighted by molar-refractivity contribution is 7.99. The predicted octanol–water partition coefficient (Wildman–Crippen LogP) is 3.31. The molecule has 0 aliphatic heterocycles. The topological polar surface area (TPSA) is 99.1 Å². The molecule has 0 saturated heterocycles. The van der Waals surface area contributed by atoms with Crippen LogP contribution in [0.4, 0.5) is 0 Å². The number of hydrogen-bond acceptors (Lipinski definition) is 6. The van der Waals surface area contributed by atoms with Crippen molar-refractivity contribution in [1.82, 2.24) is 18.9 Å². The zero-order valence-corrected chi connectivity index (χ0v) is 21.5. The van der Waals surface area contributed by atoms with Crippen LogP contribution in [0.3, 0.4) is 0 Å². The molecule has 0 bridgehead atoms. The number of hydrogen-bond donors (Lipinski definition) is 1. The van der Waals surface area contributed by atoms with Crippen molar-refractivity contribution in [3.63, 3.8) is 0 Å². The van der Waals surface area contributed by atoms with Gasteiger partial charge in [-0.25, -0.2) is 4.79 Å². The number of thioether (sulfide) groups is 1. The van der Waals surface area contributed by atoms with Crippen molar-refractivity contribution in [2.24, 2.45) is 13.0 Å². The second-order valence-electron chi connectivity index (χ2n) is 9.13. The van der Waals surface area contributed by atoms with Crippen LogP contribution in [0.15, 0.2) is 69.2 Å². The maximum Gasteiger partial charge on any atom is 0.332 e. The van der Waals surface area contributed by atoms with E-state index < -0.39 is 5.69 Å². The maximum atomic E-state index is 13.2. The third-order valence-electron chi connectivity index (χ3n) is 5.83. The third kappa shape index (κ3) is 5.22. The molecular weight excluding hydrogens is 476 g/mol. The Bertz CT molecular complexity index is 1500. The first-order chi connectivity index (χ1) is 17.3. The minimum atomic E-state index is -0.395. The van der Waals surface area contributed by atoms with Crippen molar-refractivity contribution in [2.75, 3.05) is 12.4 Å². The van der Waals surface area contributed by atoms with Gasteiger partial charge in [-0.1, -0.05) is 62.4 Å². The first kappa shape index (κ1) is 25.7. The molecule has 0 unspecified atom stereocenters. The van der Waals surface area contributed by atoms with Gasteiger partial charge in [-0.15, -0.1) is 11.8 Å². The third-order valence-corrected chi connectivity index (χ3v) is 7.01. The first-order valence-corrected chi connectivity index (χ1v) is 12.9. The molecule has 2 aromatic carbocycles. The van der Waals surface area contributed by atoms with E-state index in [2.05, 4.69) is 0 Å². The van der Waals surface area contributed by atoms with Crippen molar-refractivity contribution in [3.8, 4) is 0 Å². The van der Waals surface area contributed by atoms with E-state index in [0.717, 1.165) is 10.1 Å². The van der Waals surface area contributed by atoms with E-state index in [4.69, 9.17) is 5.10 Å². The molecule has 9 heteroatoms. The Morgan fingerprint density at radius 1 is 1.06 bits per heavy atom. The smallest absolute Gasteiger partial charge is 0.332 e. The monoisotopic (exact) mass is 506 g/mol. The van der Waals surface area contributed by atoms with E-state index in [1.165, 1.54) is 18.8 Å². The van der Waals surface area contributed by atoms with Gasteiger partial charge in [0.1, 0.15) is 10.4 Å². The van der Waals surface area contributed by atoms with Gasteiger partial charge in [0.25, 0.3) is 5.56 Å². The molecule has 36 heavy (non-hydrogen) atoms. The van der Waals surface area contributed by atoms with Gasteiger partial charge in [0.05, 0.1) is 6.54 Å². The lowest BCUT2D eigenvalue weighted by Gasteiger charge is -2.10. The van der Waals surface area contributed by atoms with Gasteiger partial charge in [-0.3, -0.25) is 23.4 Å². The Kier molecular flexibility index (Phi) is 7.91.